The Labute approximate surface area is 122 Å². The normalized spacial score (nSPS) is 18.8. The fraction of sp³-hybridized carbons (Fsp3) is 0.600. The van der Waals surface area contributed by atoms with Crippen LogP contribution >= 0.6 is 12.4 Å². The van der Waals surface area contributed by atoms with E-state index in [0.29, 0.717) is 12.6 Å². The number of nitrogens with one attached hydrogen (secondary N) is 1. The fourth-order valence-corrected chi connectivity index (χ4v) is 2.59. The van der Waals surface area contributed by atoms with Crippen molar-refractivity contribution < 1.29 is 5.11 Å². The van der Waals surface area contributed by atoms with Crippen molar-refractivity contribution in [2.45, 2.75) is 50.3 Å². The molecule has 0 saturated heterocycles. The standard InChI is InChI=1S/C15H24N2O.ClH/c16-14(10-12-6-2-1-3-7-12)15(18)11-17-13-8-4-5-9-13;/h1-3,6-7,13-15,17-18H,4-5,8-11,16H2;1H/t14-,15+;/m0./s1. The second-order valence-electron chi connectivity index (χ2n) is 5.31. The Balaban J connectivity index is 0.00000180. The first-order valence-electron chi connectivity index (χ1n) is 6.96. The quantitative estimate of drug-likeness (QED) is 0.747. The lowest BCUT2D eigenvalue weighted by molar-refractivity contribution is 0.138. The molecule has 0 heterocycles. The number of aliphatic hydroxyl groups excluding tert-OH is 1. The number of rotatable bonds is 6. The summed E-state index contributed by atoms with van der Waals surface area (Å²) in [6, 6.07) is 10.5. The molecule has 3 nitrogen and oxygen atoms in total. The van der Waals surface area contributed by atoms with Crippen molar-refractivity contribution in [2.24, 2.45) is 5.73 Å². The maximum absolute atomic E-state index is 10.1. The molecule has 2 rings (SSSR count). The van der Waals surface area contributed by atoms with Crippen LogP contribution in [0.15, 0.2) is 30.3 Å². The molecule has 2 atom stereocenters. The molecule has 0 spiro atoms. The third-order valence-electron chi connectivity index (χ3n) is 3.78. The van der Waals surface area contributed by atoms with Gasteiger partial charge < -0.3 is 16.2 Å². The summed E-state index contributed by atoms with van der Waals surface area (Å²) < 4.78 is 0. The highest BCUT2D eigenvalue weighted by Crippen LogP contribution is 2.17. The van der Waals surface area contributed by atoms with Gasteiger partial charge in [0, 0.05) is 18.6 Å². The summed E-state index contributed by atoms with van der Waals surface area (Å²) >= 11 is 0. The number of hydrogen-bond acceptors (Lipinski definition) is 3. The van der Waals surface area contributed by atoms with Gasteiger partial charge in [-0.25, -0.2) is 0 Å². The van der Waals surface area contributed by atoms with Crippen LogP contribution in [0.5, 0.6) is 0 Å². The van der Waals surface area contributed by atoms with E-state index in [9.17, 15) is 5.11 Å². The summed E-state index contributed by atoms with van der Waals surface area (Å²) in [4.78, 5) is 0. The van der Waals surface area contributed by atoms with E-state index in [1.807, 2.05) is 18.2 Å². The van der Waals surface area contributed by atoms with Crippen molar-refractivity contribution in [3.05, 3.63) is 35.9 Å². The van der Waals surface area contributed by atoms with Crippen molar-refractivity contribution in [1.29, 1.82) is 0 Å². The van der Waals surface area contributed by atoms with Crippen molar-refractivity contribution in [3.63, 3.8) is 0 Å². The minimum Gasteiger partial charge on any atom is -0.390 e. The van der Waals surface area contributed by atoms with Gasteiger partial charge in [-0.05, 0) is 24.8 Å². The van der Waals surface area contributed by atoms with Crippen LogP contribution in [-0.2, 0) is 6.42 Å². The van der Waals surface area contributed by atoms with E-state index in [2.05, 4.69) is 17.4 Å². The second kappa shape index (κ2) is 8.54. The molecule has 1 saturated carbocycles. The molecule has 0 aromatic heterocycles. The third kappa shape index (κ3) is 5.49. The SMILES string of the molecule is Cl.N[C@@H](Cc1ccccc1)[C@H](O)CNC1CCCC1. The molecule has 19 heavy (non-hydrogen) atoms. The second-order valence-corrected chi connectivity index (χ2v) is 5.31. The molecule has 0 aliphatic heterocycles. The molecule has 4 heteroatoms. The zero-order valence-electron chi connectivity index (χ0n) is 11.3. The fourth-order valence-electron chi connectivity index (χ4n) is 2.59. The van der Waals surface area contributed by atoms with Gasteiger partial charge in [0.15, 0.2) is 0 Å². The lowest BCUT2D eigenvalue weighted by atomic mass is 10.0. The van der Waals surface area contributed by atoms with E-state index < -0.39 is 6.10 Å². The number of nitrogens with two attached hydrogens (primary N) is 1. The maximum Gasteiger partial charge on any atom is 0.0818 e. The van der Waals surface area contributed by atoms with Crippen LogP contribution in [-0.4, -0.2) is 29.8 Å². The van der Waals surface area contributed by atoms with Crippen LogP contribution in [0.2, 0.25) is 0 Å². The van der Waals surface area contributed by atoms with Crippen LogP contribution in [0.25, 0.3) is 0 Å². The molecule has 0 unspecified atom stereocenters. The smallest absolute Gasteiger partial charge is 0.0818 e. The van der Waals surface area contributed by atoms with E-state index in [0.717, 1.165) is 6.42 Å². The predicted molar refractivity (Wildman–Crippen MR) is 81.6 cm³/mol. The Morgan fingerprint density at radius 2 is 1.84 bits per heavy atom. The van der Waals surface area contributed by atoms with E-state index in [1.54, 1.807) is 0 Å². The van der Waals surface area contributed by atoms with Gasteiger partial charge in [0.25, 0.3) is 0 Å². The van der Waals surface area contributed by atoms with E-state index >= 15 is 0 Å². The summed E-state index contributed by atoms with van der Waals surface area (Å²) in [6.07, 6.45) is 5.36. The Morgan fingerprint density at radius 1 is 1.21 bits per heavy atom. The summed E-state index contributed by atoms with van der Waals surface area (Å²) in [7, 11) is 0. The van der Waals surface area contributed by atoms with E-state index in [4.69, 9.17) is 5.73 Å². The topological polar surface area (TPSA) is 58.3 Å². The largest absolute Gasteiger partial charge is 0.390 e. The molecule has 1 aromatic carbocycles. The Morgan fingerprint density at radius 3 is 2.47 bits per heavy atom. The molecular weight excluding hydrogens is 260 g/mol. The molecule has 0 radical (unpaired) electrons. The number of benzene rings is 1. The van der Waals surface area contributed by atoms with E-state index in [-0.39, 0.29) is 18.4 Å². The first-order chi connectivity index (χ1) is 8.75. The zero-order valence-corrected chi connectivity index (χ0v) is 12.1. The molecule has 108 valence electrons. The molecule has 1 aliphatic carbocycles. The molecule has 4 N–H and O–H groups in total. The molecule has 0 amide bonds. The van der Waals surface area contributed by atoms with Crippen molar-refractivity contribution >= 4 is 12.4 Å². The van der Waals surface area contributed by atoms with Crippen LogP contribution in [0.4, 0.5) is 0 Å². The average Bonchev–Trinajstić information content (AvgIpc) is 2.90. The molecular formula is C15H25ClN2O. The molecule has 1 fully saturated rings. The van der Waals surface area contributed by atoms with Crippen LogP contribution < -0.4 is 11.1 Å². The van der Waals surface area contributed by atoms with Gasteiger partial charge in [-0.3, -0.25) is 0 Å². The first kappa shape index (κ1) is 16.4. The van der Waals surface area contributed by atoms with Gasteiger partial charge in [0.2, 0.25) is 0 Å². The number of halogens is 1. The van der Waals surface area contributed by atoms with Crippen LogP contribution in [0.1, 0.15) is 31.2 Å². The molecule has 0 bridgehead atoms. The maximum atomic E-state index is 10.1. The zero-order chi connectivity index (χ0) is 12.8. The van der Waals surface area contributed by atoms with Crippen LogP contribution in [0.3, 0.4) is 0 Å². The minimum atomic E-state index is -0.467. The van der Waals surface area contributed by atoms with Crippen LogP contribution in [0, 0.1) is 0 Å². The van der Waals surface area contributed by atoms with Crippen molar-refractivity contribution in [1.82, 2.24) is 5.32 Å². The van der Waals surface area contributed by atoms with Gasteiger partial charge in [-0.15, -0.1) is 12.4 Å². The van der Waals surface area contributed by atoms with Gasteiger partial charge in [-0.2, -0.15) is 0 Å². The Hall–Kier alpha value is -0.610. The van der Waals surface area contributed by atoms with Crippen molar-refractivity contribution in [2.75, 3.05) is 6.54 Å². The highest BCUT2D eigenvalue weighted by Gasteiger charge is 2.19. The highest BCUT2D eigenvalue weighted by molar-refractivity contribution is 5.85. The number of aliphatic hydroxyl groups is 1. The van der Waals surface area contributed by atoms with Crippen molar-refractivity contribution in [3.8, 4) is 0 Å². The summed E-state index contributed by atoms with van der Waals surface area (Å²) in [5.74, 6) is 0. The Bertz CT molecular complexity index is 341. The summed E-state index contributed by atoms with van der Waals surface area (Å²) in [5, 5.41) is 13.5. The summed E-state index contributed by atoms with van der Waals surface area (Å²) in [6.45, 7) is 0.610. The van der Waals surface area contributed by atoms with E-state index in [1.165, 1.54) is 31.2 Å². The first-order valence-corrected chi connectivity index (χ1v) is 6.96. The average molecular weight is 285 g/mol. The molecule has 1 aromatic rings. The van der Waals surface area contributed by atoms with Gasteiger partial charge in [-0.1, -0.05) is 43.2 Å². The number of hydrogen-bond donors (Lipinski definition) is 3. The highest BCUT2D eigenvalue weighted by atomic mass is 35.5. The van der Waals surface area contributed by atoms with Gasteiger partial charge in [0.05, 0.1) is 6.10 Å². The molecule has 1 aliphatic rings. The van der Waals surface area contributed by atoms with Gasteiger partial charge >= 0.3 is 0 Å². The predicted octanol–water partition coefficient (Wildman–Crippen LogP) is 1.87. The lowest BCUT2D eigenvalue weighted by Gasteiger charge is -2.21. The minimum absolute atomic E-state index is 0. The lowest BCUT2D eigenvalue weighted by Crippen LogP contribution is -2.45. The van der Waals surface area contributed by atoms with Gasteiger partial charge in [0.1, 0.15) is 0 Å². The monoisotopic (exact) mass is 284 g/mol. The summed E-state index contributed by atoms with van der Waals surface area (Å²) in [5.41, 5.74) is 7.23. The Kier molecular flexibility index (Phi) is 7.39. The third-order valence-corrected chi connectivity index (χ3v) is 3.78.